The maximum absolute atomic E-state index is 11.8. The molecule has 0 saturated carbocycles. The van der Waals surface area contributed by atoms with Crippen molar-refractivity contribution in [3.05, 3.63) is 12.1 Å². The average molecular weight is 319 g/mol. The van der Waals surface area contributed by atoms with Crippen LogP contribution in [-0.2, 0) is 4.79 Å². The van der Waals surface area contributed by atoms with Gasteiger partial charge in [-0.15, -0.1) is 12.4 Å². The van der Waals surface area contributed by atoms with Gasteiger partial charge in [0.25, 0.3) is 0 Å². The largest absolute Gasteiger partial charge is 0.454 e. The van der Waals surface area contributed by atoms with Gasteiger partial charge in [0.2, 0.25) is 12.7 Å². The van der Waals surface area contributed by atoms with Crippen molar-refractivity contribution in [2.75, 3.05) is 29.9 Å². The normalized spacial score (nSPS) is 11.8. The Balaban J connectivity index is 0.00000200. The minimum atomic E-state index is -0.0216. The van der Waals surface area contributed by atoms with Crippen LogP contribution in [0.4, 0.5) is 11.4 Å². The molecule has 0 aromatic heterocycles. The molecule has 0 unspecified atom stereocenters. The van der Waals surface area contributed by atoms with Crippen LogP contribution in [0.15, 0.2) is 12.1 Å². The fourth-order valence-corrected chi connectivity index (χ4v) is 2.30. The highest BCUT2D eigenvalue weighted by molar-refractivity contribution is 7.98. The summed E-state index contributed by atoms with van der Waals surface area (Å²) >= 11 is 1.79. The van der Waals surface area contributed by atoms with Gasteiger partial charge in [-0.05, 0) is 24.9 Å². The Morgan fingerprint density at radius 2 is 2.05 bits per heavy atom. The van der Waals surface area contributed by atoms with Gasteiger partial charge in [-0.1, -0.05) is 0 Å². The van der Waals surface area contributed by atoms with E-state index in [1.807, 2.05) is 0 Å². The van der Waals surface area contributed by atoms with E-state index in [2.05, 4.69) is 11.6 Å². The van der Waals surface area contributed by atoms with E-state index in [-0.39, 0.29) is 25.1 Å². The third kappa shape index (κ3) is 4.38. The number of nitrogens with two attached hydrogens (primary N) is 1. The molecule has 5 nitrogen and oxygen atoms in total. The number of rotatable bonds is 6. The number of unbranched alkanes of at least 4 members (excludes halogenated alkanes) is 1. The zero-order valence-electron chi connectivity index (χ0n) is 11.3. The highest BCUT2D eigenvalue weighted by Gasteiger charge is 2.17. The van der Waals surface area contributed by atoms with Crippen LogP contribution in [-0.4, -0.2) is 24.7 Å². The van der Waals surface area contributed by atoms with Gasteiger partial charge in [-0.25, -0.2) is 0 Å². The van der Waals surface area contributed by atoms with Crippen molar-refractivity contribution in [1.82, 2.24) is 0 Å². The predicted molar refractivity (Wildman–Crippen MR) is 85.1 cm³/mol. The first-order valence-corrected chi connectivity index (χ1v) is 7.58. The Morgan fingerprint density at radius 3 is 2.75 bits per heavy atom. The molecule has 0 aliphatic carbocycles. The number of thioether (sulfide) groups is 1. The minimum absolute atomic E-state index is 0. The van der Waals surface area contributed by atoms with E-state index in [4.69, 9.17) is 15.2 Å². The van der Waals surface area contributed by atoms with Gasteiger partial charge in [0.05, 0.1) is 11.4 Å². The molecule has 0 spiro atoms. The monoisotopic (exact) mass is 318 g/mol. The molecule has 1 aromatic carbocycles. The van der Waals surface area contributed by atoms with E-state index in [0.717, 1.165) is 18.6 Å². The zero-order valence-corrected chi connectivity index (χ0v) is 12.9. The van der Waals surface area contributed by atoms with Gasteiger partial charge in [0.1, 0.15) is 0 Å². The van der Waals surface area contributed by atoms with Crippen molar-refractivity contribution >= 4 is 41.5 Å². The Morgan fingerprint density at radius 1 is 1.35 bits per heavy atom. The lowest BCUT2D eigenvalue weighted by molar-refractivity contribution is -0.116. The number of carbonyl (C=O) groups is 1. The van der Waals surface area contributed by atoms with Crippen LogP contribution in [0.3, 0.4) is 0 Å². The maximum atomic E-state index is 11.8. The number of benzene rings is 1. The third-order valence-corrected chi connectivity index (χ3v) is 3.52. The summed E-state index contributed by atoms with van der Waals surface area (Å²) in [5, 5.41) is 2.81. The number of carbonyl (C=O) groups excluding carboxylic acids is 1. The molecular weight excluding hydrogens is 300 g/mol. The molecule has 3 N–H and O–H groups in total. The van der Waals surface area contributed by atoms with Crippen molar-refractivity contribution < 1.29 is 14.3 Å². The number of hydrogen-bond donors (Lipinski definition) is 2. The lowest BCUT2D eigenvalue weighted by Gasteiger charge is -2.09. The van der Waals surface area contributed by atoms with Gasteiger partial charge in [-0.2, -0.15) is 11.8 Å². The fraction of sp³-hybridized carbons (Fsp3) is 0.462. The first-order chi connectivity index (χ1) is 9.20. The van der Waals surface area contributed by atoms with Crippen LogP contribution >= 0.6 is 24.2 Å². The summed E-state index contributed by atoms with van der Waals surface area (Å²) in [6, 6.07) is 3.38. The standard InChI is InChI=1S/C13H18N2O3S.ClH/c1-19-5-3-2-4-13(16)15-10-7-12-11(6-9(10)14)17-8-18-12;/h6-7H,2-5,8,14H2,1H3,(H,15,16);1H. The molecule has 7 heteroatoms. The molecule has 112 valence electrons. The number of hydrogen-bond acceptors (Lipinski definition) is 5. The summed E-state index contributed by atoms with van der Waals surface area (Å²) in [5.41, 5.74) is 6.93. The second kappa shape index (κ2) is 8.11. The number of nitrogens with one attached hydrogen (secondary N) is 1. The lowest BCUT2D eigenvalue weighted by Crippen LogP contribution is -2.12. The average Bonchev–Trinajstić information content (AvgIpc) is 2.82. The quantitative estimate of drug-likeness (QED) is 0.623. The van der Waals surface area contributed by atoms with Crippen LogP contribution in [0.25, 0.3) is 0 Å². The zero-order chi connectivity index (χ0) is 13.7. The Hall–Kier alpha value is -1.27. The number of nitrogen functional groups attached to an aromatic ring is 1. The number of ether oxygens (including phenoxy) is 2. The van der Waals surface area contributed by atoms with Crippen molar-refractivity contribution in [2.24, 2.45) is 0 Å². The summed E-state index contributed by atoms with van der Waals surface area (Å²) in [5.74, 6) is 2.30. The summed E-state index contributed by atoms with van der Waals surface area (Å²) in [4.78, 5) is 11.8. The Bertz CT molecular complexity index is 471. The van der Waals surface area contributed by atoms with Crippen LogP contribution in [0.2, 0.25) is 0 Å². The maximum Gasteiger partial charge on any atom is 0.231 e. The molecule has 1 aliphatic rings. The molecular formula is C13H19ClN2O3S. The summed E-state index contributed by atoms with van der Waals surface area (Å²) in [6.45, 7) is 0.195. The van der Waals surface area contributed by atoms with Crippen molar-refractivity contribution in [3.63, 3.8) is 0 Å². The summed E-state index contributed by atoms with van der Waals surface area (Å²) < 4.78 is 10.5. The molecule has 1 aromatic rings. The van der Waals surface area contributed by atoms with Gasteiger partial charge >= 0.3 is 0 Å². The minimum Gasteiger partial charge on any atom is -0.454 e. The van der Waals surface area contributed by atoms with Gasteiger partial charge < -0.3 is 20.5 Å². The Kier molecular flexibility index (Phi) is 6.81. The van der Waals surface area contributed by atoms with Crippen molar-refractivity contribution in [1.29, 1.82) is 0 Å². The second-order valence-corrected chi connectivity index (χ2v) is 5.28. The number of fused-ring (bicyclic) bond motifs is 1. The molecule has 1 aliphatic heterocycles. The highest BCUT2D eigenvalue weighted by Crippen LogP contribution is 2.38. The third-order valence-electron chi connectivity index (χ3n) is 2.82. The molecule has 20 heavy (non-hydrogen) atoms. The summed E-state index contributed by atoms with van der Waals surface area (Å²) in [7, 11) is 0. The first-order valence-electron chi connectivity index (χ1n) is 6.18. The van der Waals surface area contributed by atoms with Crippen LogP contribution in [0, 0.1) is 0 Å². The molecule has 0 atom stereocenters. The first kappa shape index (κ1) is 16.8. The van der Waals surface area contributed by atoms with Crippen molar-refractivity contribution in [3.8, 4) is 11.5 Å². The molecule has 1 amide bonds. The van der Waals surface area contributed by atoms with E-state index in [1.54, 1.807) is 23.9 Å². The molecule has 0 radical (unpaired) electrons. The smallest absolute Gasteiger partial charge is 0.231 e. The predicted octanol–water partition coefficient (Wildman–Crippen LogP) is 2.89. The van der Waals surface area contributed by atoms with E-state index in [1.165, 1.54) is 0 Å². The van der Waals surface area contributed by atoms with Gasteiger partial charge in [-0.3, -0.25) is 4.79 Å². The topological polar surface area (TPSA) is 73.6 Å². The SMILES string of the molecule is CSCCCCC(=O)Nc1cc2c(cc1N)OCO2.Cl. The van der Waals surface area contributed by atoms with E-state index >= 15 is 0 Å². The molecule has 0 bridgehead atoms. The van der Waals surface area contributed by atoms with Gasteiger partial charge in [0.15, 0.2) is 11.5 Å². The number of amides is 1. The fourth-order valence-electron chi connectivity index (χ4n) is 1.81. The molecule has 1 heterocycles. The van der Waals surface area contributed by atoms with E-state index in [9.17, 15) is 4.79 Å². The molecule has 2 rings (SSSR count). The van der Waals surface area contributed by atoms with Gasteiger partial charge in [0, 0.05) is 18.6 Å². The van der Waals surface area contributed by atoms with Crippen LogP contribution in [0.5, 0.6) is 11.5 Å². The Labute approximate surface area is 129 Å². The van der Waals surface area contributed by atoms with Crippen LogP contribution in [0.1, 0.15) is 19.3 Å². The van der Waals surface area contributed by atoms with E-state index in [0.29, 0.717) is 29.3 Å². The lowest BCUT2D eigenvalue weighted by atomic mass is 10.2. The number of halogens is 1. The van der Waals surface area contributed by atoms with E-state index < -0.39 is 0 Å². The number of anilines is 2. The molecule has 0 fully saturated rings. The molecule has 0 saturated heterocycles. The highest BCUT2D eigenvalue weighted by atomic mass is 35.5. The van der Waals surface area contributed by atoms with Crippen molar-refractivity contribution in [2.45, 2.75) is 19.3 Å². The summed E-state index contributed by atoms with van der Waals surface area (Å²) in [6.07, 6.45) is 4.50. The second-order valence-electron chi connectivity index (χ2n) is 4.29. The van der Waals surface area contributed by atoms with Crippen LogP contribution < -0.4 is 20.5 Å².